The number of pyridine rings is 4. The Morgan fingerprint density at radius 3 is 2.17 bits per heavy atom. The molecule has 0 aliphatic rings. The number of aromatic nitrogens is 4. The van der Waals surface area contributed by atoms with E-state index in [4.69, 9.17) is 10.5 Å². The molecule has 2 N–H and O–H groups in total. The third-order valence-electron chi connectivity index (χ3n) is 4.72. The molecule has 0 aromatic carbocycles. The van der Waals surface area contributed by atoms with Gasteiger partial charge in [-0.1, -0.05) is 24.3 Å². The largest absolute Gasteiger partial charge is 0.481 e. The molecule has 7 heteroatoms. The van der Waals surface area contributed by atoms with Crippen LogP contribution in [0.2, 0.25) is 0 Å². The smallest absolute Gasteiger partial charge is 0.212 e. The van der Waals surface area contributed by atoms with Crippen molar-refractivity contribution in [3.63, 3.8) is 0 Å². The maximum absolute atomic E-state index is 6.01. The van der Waals surface area contributed by atoms with Gasteiger partial charge in [0.05, 0.1) is 13.2 Å². The average Bonchev–Trinajstić information content (AvgIpc) is 2.80. The number of nitrogen functional groups attached to an aromatic ring is 1. The molecule has 4 aromatic heterocycles. The van der Waals surface area contributed by atoms with Crippen molar-refractivity contribution in [2.45, 2.75) is 12.6 Å². The zero-order valence-corrected chi connectivity index (χ0v) is 16.6. The minimum absolute atomic E-state index is 0.163. The zero-order valence-electron chi connectivity index (χ0n) is 16.6. The molecule has 0 amide bonds. The summed E-state index contributed by atoms with van der Waals surface area (Å²) in [6.45, 7) is 0.557. The molecule has 0 unspecified atom stereocenters. The molecule has 0 aliphatic carbocycles. The van der Waals surface area contributed by atoms with E-state index >= 15 is 0 Å². The number of hydrogen-bond acceptors (Lipinski definition) is 7. The number of nitrogens with zero attached hydrogens (tertiary/aromatic N) is 5. The number of methoxy groups -OCH3 is 1. The fourth-order valence-corrected chi connectivity index (χ4v) is 3.35. The Kier molecular flexibility index (Phi) is 5.80. The number of anilines is 2. The van der Waals surface area contributed by atoms with Crippen LogP contribution in [0.25, 0.3) is 0 Å². The third kappa shape index (κ3) is 4.35. The first-order valence-corrected chi connectivity index (χ1v) is 9.52. The molecule has 150 valence electrons. The van der Waals surface area contributed by atoms with Gasteiger partial charge in [-0.15, -0.1) is 0 Å². The highest BCUT2D eigenvalue weighted by molar-refractivity contribution is 5.50. The molecule has 0 spiro atoms. The molecule has 4 heterocycles. The fraction of sp³-hybridized carbons (Fsp3) is 0.130. The van der Waals surface area contributed by atoms with Crippen LogP contribution in [0.4, 0.5) is 11.6 Å². The second-order valence-corrected chi connectivity index (χ2v) is 6.73. The number of ether oxygens (including phenoxy) is 1. The zero-order chi connectivity index (χ0) is 20.8. The van der Waals surface area contributed by atoms with Crippen LogP contribution >= 0.6 is 0 Å². The second kappa shape index (κ2) is 9.00. The summed E-state index contributed by atoms with van der Waals surface area (Å²) >= 11 is 0. The second-order valence-electron chi connectivity index (χ2n) is 6.73. The lowest BCUT2D eigenvalue weighted by Gasteiger charge is -2.33. The first-order chi connectivity index (χ1) is 14.7. The van der Waals surface area contributed by atoms with Crippen LogP contribution in [-0.2, 0) is 6.54 Å². The van der Waals surface area contributed by atoms with E-state index < -0.39 is 0 Å². The van der Waals surface area contributed by atoms with Crippen LogP contribution in [0.5, 0.6) is 5.88 Å². The maximum Gasteiger partial charge on any atom is 0.212 e. The Balaban J connectivity index is 1.82. The molecule has 0 saturated heterocycles. The predicted molar refractivity (Wildman–Crippen MR) is 116 cm³/mol. The lowest BCUT2D eigenvalue weighted by atomic mass is 9.99. The molecule has 0 bridgehead atoms. The van der Waals surface area contributed by atoms with Gasteiger partial charge in [0.15, 0.2) is 0 Å². The first-order valence-electron chi connectivity index (χ1n) is 9.52. The normalized spacial score (nSPS) is 10.7. The van der Waals surface area contributed by atoms with Gasteiger partial charge in [-0.25, -0.2) is 9.97 Å². The number of rotatable bonds is 7. The summed E-state index contributed by atoms with van der Waals surface area (Å²) in [7, 11) is 1.60. The molecule has 30 heavy (non-hydrogen) atoms. The molecule has 0 radical (unpaired) electrons. The molecule has 4 aromatic rings. The van der Waals surface area contributed by atoms with Gasteiger partial charge < -0.3 is 15.4 Å². The van der Waals surface area contributed by atoms with Crippen molar-refractivity contribution in [3.8, 4) is 5.88 Å². The van der Waals surface area contributed by atoms with E-state index in [-0.39, 0.29) is 6.04 Å². The van der Waals surface area contributed by atoms with Gasteiger partial charge in [-0.05, 0) is 41.0 Å². The summed E-state index contributed by atoms with van der Waals surface area (Å²) in [5.74, 6) is 1.79. The van der Waals surface area contributed by atoms with E-state index in [1.54, 1.807) is 25.6 Å². The van der Waals surface area contributed by atoms with Crippen LogP contribution in [0, 0.1) is 0 Å². The van der Waals surface area contributed by atoms with Gasteiger partial charge in [0, 0.05) is 43.6 Å². The molecular formula is C23H22N6O. The fourth-order valence-electron chi connectivity index (χ4n) is 3.35. The van der Waals surface area contributed by atoms with Gasteiger partial charge in [-0.3, -0.25) is 9.97 Å². The number of hydrogen-bond donors (Lipinski definition) is 1. The van der Waals surface area contributed by atoms with Gasteiger partial charge in [0.1, 0.15) is 11.6 Å². The summed E-state index contributed by atoms with van der Waals surface area (Å²) in [5.41, 5.74) is 9.07. The Labute approximate surface area is 175 Å². The van der Waals surface area contributed by atoms with Crippen LogP contribution in [0.15, 0.2) is 85.6 Å². The molecule has 7 nitrogen and oxygen atoms in total. The third-order valence-corrected chi connectivity index (χ3v) is 4.72. The topological polar surface area (TPSA) is 90.1 Å². The van der Waals surface area contributed by atoms with Crippen molar-refractivity contribution in [1.29, 1.82) is 0 Å². The van der Waals surface area contributed by atoms with Crippen LogP contribution in [0.1, 0.15) is 22.7 Å². The van der Waals surface area contributed by atoms with Crippen LogP contribution < -0.4 is 15.4 Å². The molecule has 0 aliphatic heterocycles. The van der Waals surface area contributed by atoms with Crippen molar-refractivity contribution in [1.82, 2.24) is 19.9 Å². The first kappa shape index (κ1) is 19.3. The minimum atomic E-state index is -0.163. The Hall–Kier alpha value is -4.00. The summed E-state index contributed by atoms with van der Waals surface area (Å²) in [5, 5.41) is 0. The van der Waals surface area contributed by atoms with Crippen LogP contribution in [-0.4, -0.2) is 27.0 Å². The molecule has 0 fully saturated rings. The highest BCUT2D eigenvalue weighted by Gasteiger charge is 2.25. The Morgan fingerprint density at radius 1 is 0.900 bits per heavy atom. The number of nitrogens with two attached hydrogens (primary N) is 1. The molecule has 0 atom stereocenters. The van der Waals surface area contributed by atoms with Crippen molar-refractivity contribution in [2.24, 2.45) is 0 Å². The van der Waals surface area contributed by atoms with Crippen molar-refractivity contribution >= 4 is 11.6 Å². The van der Waals surface area contributed by atoms with Crippen molar-refractivity contribution < 1.29 is 4.74 Å². The Bertz CT molecular complexity index is 1030. The molecule has 4 rings (SSSR count). The summed E-state index contributed by atoms with van der Waals surface area (Å²) in [6, 6.07) is 17.3. The lowest BCUT2D eigenvalue weighted by Crippen LogP contribution is -2.30. The van der Waals surface area contributed by atoms with Gasteiger partial charge >= 0.3 is 0 Å². The Morgan fingerprint density at radius 2 is 1.63 bits per heavy atom. The van der Waals surface area contributed by atoms with Gasteiger partial charge in [0.25, 0.3) is 0 Å². The average molecular weight is 398 g/mol. The van der Waals surface area contributed by atoms with E-state index in [1.165, 1.54) is 0 Å². The summed E-state index contributed by atoms with van der Waals surface area (Å²) in [6.07, 6.45) is 9.06. The van der Waals surface area contributed by atoms with Crippen LogP contribution in [0.3, 0.4) is 0 Å². The molecule has 0 saturated carbocycles. The summed E-state index contributed by atoms with van der Waals surface area (Å²) in [4.78, 5) is 19.8. The maximum atomic E-state index is 6.01. The van der Waals surface area contributed by atoms with Gasteiger partial charge in [-0.2, -0.15) is 0 Å². The van der Waals surface area contributed by atoms with Crippen molar-refractivity contribution in [3.05, 3.63) is 102 Å². The van der Waals surface area contributed by atoms with E-state index in [1.807, 2.05) is 55.0 Å². The van der Waals surface area contributed by atoms with Crippen molar-refractivity contribution in [2.75, 3.05) is 17.7 Å². The quantitative estimate of drug-likeness (QED) is 0.508. The minimum Gasteiger partial charge on any atom is -0.481 e. The molecular weight excluding hydrogens is 376 g/mol. The standard InChI is InChI=1S/C23H22N6O/c1-30-22-10-9-17(13-27-22)16-29(21-8-2-7-20(24)28-21)23(18-5-3-11-25-14-18)19-6-4-12-26-15-19/h2-15,23H,16H2,1H3,(H2,24,28). The van der Waals surface area contributed by atoms with Gasteiger partial charge in [0.2, 0.25) is 5.88 Å². The highest BCUT2D eigenvalue weighted by atomic mass is 16.5. The van der Waals surface area contributed by atoms with E-state index in [0.29, 0.717) is 18.2 Å². The van der Waals surface area contributed by atoms with E-state index in [0.717, 1.165) is 22.5 Å². The monoisotopic (exact) mass is 398 g/mol. The van der Waals surface area contributed by atoms with E-state index in [2.05, 4.69) is 37.0 Å². The highest BCUT2D eigenvalue weighted by Crippen LogP contribution is 2.33. The predicted octanol–water partition coefficient (Wildman–Crippen LogP) is 3.65. The summed E-state index contributed by atoms with van der Waals surface area (Å²) < 4.78 is 5.19. The lowest BCUT2D eigenvalue weighted by molar-refractivity contribution is 0.397. The van der Waals surface area contributed by atoms with E-state index in [9.17, 15) is 0 Å². The SMILES string of the molecule is COc1ccc(CN(c2cccc(N)n2)C(c2cccnc2)c2cccnc2)cn1.